The number of ether oxygens (including phenoxy) is 2. The average molecular weight is 458 g/mol. The van der Waals surface area contributed by atoms with Crippen molar-refractivity contribution in [2.45, 2.75) is 35.4 Å². The molecule has 162 valence electrons. The Morgan fingerprint density at radius 1 is 0.871 bits per heavy atom. The van der Waals surface area contributed by atoms with Crippen molar-refractivity contribution in [1.82, 2.24) is 9.97 Å². The van der Waals surface area contributed by atoms with Crippen LogP contribution in [0.2, 0.25) is 0 Å². The summed E-state index contributed by atoms with van der Waals surface area (Å²) in [5.41, 5.74) is 1.99. The highest BCUT2D eigenvalue weighted by molar-refractivity contribution is 7.99. The second-order valence-corrected chi connectivity index (χ2v) is 8.25. The lowest BCUT2D eigenvalue weighted by molar-refractivity contribution is -0.391. The molecule has 0 atom stereocenters. The maximum absolute atomic E-state index is 11.8. The lowest BCUT2D eigenvalue weighted by atomic mass is 10.2. The summed E-state index contributed by atoms with van der Waals surface area (Å²) in [7, 11) is 0. The molecule has 0 bridgehead atoms. The zero-order valence-corrected chi connectivity index (χ0v) is 18.9. The highest BCUT2D eigenvalue weighted by Crippen LogP contribution is 2.37. The SMILES string of the molecule is CCOc1ccc(CSc2ncnc(SCc3cccc(OCC)c3)c2[N+](=O)[O-])cc1. The molecule has 0 N–H and O–H groups in total. The van der Waals surface area contributed by atoms with Gasteiger partial charge in [-0.25, -0.2) is 9.97 Å². The Bertz CT molecular complexity index is 1020. The van der Waals surface area contributed by atoms with Gasteiger partial charge in [-0.3, -0.25) is 10.1 Å². The van der Waals surface area contributed by atoms with Crippen LogP contribution in [0.4, 0.5) is 5.69 Å². The Morgan fingerprint density at radius 2 is 1.48 bits per heavy atom. The van der Waals surface area contributed by atoms with E-state index in [1.807, 2.05) is 62.4 Å². The van der Waals surface area contributed by atoms with Gasteiger partial charge in [-0.05, 0) is 49.2 Å². The van der Waals surface area contributed by atoms with Crippen LogP contribution in [0, 0.1) is 10.1 Å². The molecule has 1 heterocycles. The van der Waals surface area contributed by atoms with E-state index in [9.17, 15) is 10.1 Å². The van der Waals surface area contributed by atoms with Gasteiger partial charge in [0.2, 0.25) is 0 Å². The maximum Gasteiger partial charge on any atom is 0.333 e. The molecule has 0 aliphatic rings. The fourth-order valence-electron chi connectivity index (χ4n) is 2.76. The Kier molecular flexibility index (Phi) is 8.54. The Labute approximate surface area is 189 Å². The maximum atomic E-state index is 11.8. The van der Waals surface area contributed by atoms with Crippen molar-refractivity contribution in [3.8, 4) is 11.5 Å². The molecule has 0 radical (unpaired) electrons. The van der Waals surface area contributed by atoms with Gasteiger partial charge in [0, 0.05) is 11.5 Å². The third kappa shape index (κ3) is 6.60. The van der Waals surface area contributed by atoms with Crippen LogP contribution in [0.1, 0.15) is 25.0 Å². The van der Waals surface area contributed by atoms with Crippen LogP contribution in [-0.2, 0) is 11.5 Å². The van der Waals surface area contributed by atoms with E-state index in [0.29, 0.717) is 34.8 Å². The van der Waals surface area contributed by atoms with Crippen molar-refractivity contribution in [3.05, 3.63) is 76.1 Å². The monoisotopic (exact) mass is 457 g/mol. The minimum Gasteiger partial charge on any atom is -0.494 e. The highest BCUT2D eigenvalue weighted by atomic mass is 32.2. The summed E-state index contributed by atoms with van der Waals surface area (Å²) >= 11 is 2.65. The lowest BCUT2D eigenvalue weighted by Gasteiger charge is -2.08. The van der Waals surface area contributed by atoms with E-state index in [1.54, 1.807) is 0 Å². The van der Waals surface area contributed by atoms with Gasteiger partial charge in [-0.2, -0.15) is 0 Å². The van der Waals surface area contributed by atoms with Crippen LogP contribution >= 0.6 is 23.5 Å². The van der Waals surface area contributed by atoms with Crippen LogP contribution in [0.3, 0.4) is 0 Å². The molecule has 9 heteroatoms. The summed E-state index contributed by atoms with van der Waals surface area (Å²) in [6.07, 6.45) is 1.38. The molecule has 0 fully saturated rings. The van der Waals surface area contributed by atoms with E-state index in [2.05, 4.69) is 9.97 Å². The Morgan fingerprint density at radius 3 is 2.10 bits per heavy atom. The van der Waals surface area contributed by atoms with Gasteiger partial charge in [-0.1, -0.05) is 47.8 Å². The van der Waals surface area contributed by atoms with Crippen LogP contribution in [0.25, 0.3) is 0 Å². The molecule has 31 heavy (non-hydrogen) atoms. The third-order valence-corrected chi connectivity index (χ3v) is 6.23. The normalized spacial score (nSPS) is 10.6. The molecule has 7 nitrogen and oxygen atoms in total. The number of nitro groups is 1. The van der Waals surface area contributed by atoms with E-state index in [-0.39, 0.29) is 5.69 Å². The van der Waals surface area contributed by atoms with Gasteiger partial charge in [0.15, 0.2) is 10.1 Å². The number of nitrogens with zero attached hydrogens (tertiary/aromatic N) is 3. The van der Waals surface area contributed by atoms with Crippen molar-refractivity contribution in [2.75, 3.05) is 13.2 Å². The molecule has 0 amide bonds. The largest absolute Gasteiger partial charge is 0.494 e. The molecule has 0 spiro atoms. The van der Waals surface area contributed by atoms with Crippen molar-refractivity contribution in [1.29, 1.82) is 0 Å². The average Bonchev–Trinajstić information content (AvgIpc) is 2.78. The molecule has 3 aromatic rings. The van der Waals surface area contributed by atoms with Crippen molar-refractivity contribution in [2.24, 2.45) is 0 Å². The quantitative estimate of drug-likeness (QED) is 0.155. The molecule has 3 rings (SSSR count). The molecule has 2 aromatic carbocycles. The summed E-state index contributed by atoms with van der Waals surface area (Å²) in [6.45, 7) is 5.06. The molecule has 0 saturated heterocycles. The number of thioether (sulfide) groups is 2. The fraction of sp³-hybridized carbons (Fsp3) is 0.273. The highest BCUT2D eigenvalue weighted by Gasteiger charge is 2.23. The molecule has 0 unspecified atom stereocenters. The first-order valence-corrected chi connectivity index (χ1v) is 11.8. The van der Waals surface area contributed by atoms with Gasteiger partial charge in [0.1, 0.15) is 17.8 Å². The number of hydrogen-bond acceptors (Lipinski definition) is 8. The lowest BCUT2D eigenvalue weighted by Crippen LogP contribution is -1.99. The van der Waals surface area contributed by atoms with Crippen molar-refractivity contribution >= 4 is 29.2 Å². The molecule has 0 aliphatic heterocycles. The van der Waals surface area contributed by atoms with Gasteiger partial charge in [-0.15, -0.1) is 0 Å². The van der Waals surface area contributed by atoms with E-state index in [4.69, 9.17) is 9.47 Å². The zero-order valence-electron chi connectivity index (χ0n) is 17.3. The standard InChI is InChI=1S/C22H23N3O4S2/c1-3-28-18-10-8-16(9-11-18)13-30-21-20(25(26)27)22(24-15-23-21)31-14-17-6-5-7-19(12-17)29-4-2/h5-12,15H,3-4,13-14H2,1-2H3. The molecular weight excluding hydrogens is 434 g/mol. The van der Waals surface area contributed by atoms with Gasteiger partial charge in [0.05, 0.1) is 18.1 Å². The smallest absolute Gasteiger partial charge is 0.333 e. The number of aromatic nitrogens is 2. The summed E-state index contributed by atoms with van der Waals surface area (Å²) in [5.74, 6) is 2.69. The van der Waals surface area contributed by atoms with Gasteiger partial charge >= 0.3 is 5.69 Å². The van der Waals surface area contributed by atoms with Crippen LogP contribution in [0.15, 0.2) is 64.9 Å². The minimum atomic E-state index is -0.403. The second-order valence-electron chi connectivity index (χ2n) is 6.32. The molecule has 0 aliphatic carbocycles. The summed E-state index contributed by atoms with van der Waals surface area (Å²) in [4.78, 5) is 19.7. The predicted molar refractivity (Wildman–Crippen MR) is 123 cm³/mol. The predicted octanol–water partition coefficient (Wildman–Crippen LogP) is 5.77. The molecular formula is C22H23N3O4S2. The summed E-state index contributed by atoms with van der Waals surface area (Å²) < 4.78 is 11.0. The van der Waals surface area contributed by atoms with Gasteiger partial charge in [0.25, 0.3) is 0 Å². The summed E-state index contributed by atoms with van der Waals surface area (Å²) in [5, 5.41) is 12.5. The fourth-order valence-corrected chi connectivity index (χ4v) is 4.66. The van der Waals surface area contributed by atoms with E-state index in [0.717, 1.165) is 22.6 Å². The number of benzene rings is 2. The Hall–Kier alpha value is -2.78. The summed E-state index contributed by atoms with van der Waals surface area (Å²) in [6, 6.07) is 15.4. The molecule has 1 aromatic heterocycles. The van der Waals surface area contributed by atoms with Gasteiger partial charge < -0.3 is 9.47 Å². The van der Waals surface area contributed by atoms with E-state index >= 15 is 0 Å². The van der Waals surface area contributed by atoms with Crippen LogP contribution in [-0.4, -0.2) is 28.1 Å². The Balaban J connectivity index is 1.71. The van der Waals surface area contributed by atoms with Crippen LogP contribution in [0.5, 0.6) is 11.5 Å². The molecule has 0 saturated carbocycles. The van der Waals surface area contributed by atoms with Crippen LogP contribution < -0.4 is 9.47 Å². The first kappa shape index (κ1) is 22.9. The number of rotatable bonds is 11. The van der Waals surface area contributed by atoms with Crippen molar-refractivity contribution in [3.63, 3.8) is 0 Å². The second kappa shape index (κ2) is 11.6. The number of hydrogen-bond donors (Lipinski definition) is 0. The first-order valence-electron chi connectivity index (χ1n) is 9.79. The minimum absolute atomic E-state index is 0.0515. The van der Waals surface area contributed by atoms with Crippen molar-refractivity contribution < 1.29 is 14.4 Å². The zero-order chi connectivity index (χ0) is 22.1. The van der Waals surface area contributed by atoms with E-state index in [1.165, 1.54) is 29.9 Å². The van der Waals surface area contributed by atoms with E-state index < -0.39 is 4.92 Å². The third-order valence-electron chi connectivity index (χ3n) is 4.13. The first-order chi connectivity index (χ1) is 15.1. The topological polar surface area (TPSA) is 87.4 Å².